The van der Waals surface area contributed by atoms with E-state index in [4.69, 9.17) is 0 Å². The normalized spacial score (nSPS) is 15.0. The Morgan fingerprint density at radius 2 is 1.02 bits per heavy atom. The summed E-state index contributed by atoms with van der Waals surface area (Å²) in [6.07, 6.45) is 9.56. The van der Waals surface area contributed by atoms with E-state index in [0.29, 0.717) is 0 Å². The third-order valence-corrected chi connectivity index (χ3v) is 13.6. The van der Waals surface area contributed by atoms with Gasteiger partial charge in [0, 0.05) is 40.4 Å². The highest BCUT2D eigenvalue weighted by atomic mass is 15.0. The van der Waals surface area contributed by atoms with Crippen molar-refractivity contribution >= 4 is 21.8 Å². The van der Waals surface area contributed by atoms with Crippen LogP contribution in [0.2, 0.25) is 0 Å². The summed E-state index contributed by atoms with van der Waals surface area (Å²) in [5, 5.41) is 2.59. The van der Waals surface area contributed by atoms with Crippen LogP contribution in [0.3, 0.4) is 0 Å². The molecule has 272 valence electrons. The lowest BCUT2D eigenvalue weighted by molar-refractivity contribution is -0.687. The summed E-state index contributed by atoms with van der Waals surface area (Å²) in [5.74, 6) is 0. The van der Waals surface area contributed by atoms with Crippen LogP contribution in [0.5, 0.6) is 0 Å². The topological polar surface area (TPSA) is 8.81 Å². The minimum absolute atomic E-state index is 0.0412. The minimum Gasteiger partial charge on any atom is -0.309 e. The van der Waals surface area contributed by atoms with Crippen molar-refractivity contribution in [1.82, 2.24) is 4.57 Å². The van der Waals surface area contributed by atoms with Gasteiger partial charge in [-0.25, -0.2) is 0 Å². The van der Waals surface area contributed by atoms with Gasteiger partial charge >= 0.3 is 0 Å². The molecular formula is C55H43N2+. The Bertz CT molecular complexity index is 2990. The minimum atomic E-state index is 0.0412. The Hall–Kier alpha value is -6.51. The van der Waals surface area contributed by atoms with Gasteiger partial charge < -0.3 is 4.57 Å². The molecule has 3 aliphatic rings. The fraction of sp³-hybridized carbons (Fsp3) is 0.145. The molecule has 2 aliphatic carbocycles. The van der Waals surface area contributed by atoms with Crippen molar-refractivity contribution in [2.24, 2.45) is 0 Å². The van der Waals surface area contributed by atoms with Crippen LogP contribution < -0.4 is 4.57 Å². The van der Waals surface area contributed by atoms with Gasteiger partial charge in [-0.05, 0) is 123 Å². The smallest absolute Gasteiger partial charge is 0.212 e. The van der Waals surface area contributed by atoms with Crippen LogP contribution in [0.25, 0.3) is 83.3 Å². The molecule has 9 aromatic rings. The highest BCUT2D eigenvalue weighted by Gasteiger charge is 2.44. The van der Waals surface area contributed by atoms with Gasteiger partial charge in [0.05, 0.1) is 16.6 Å². The van der Waals surface area contributed by atoms with Gasteiger partial charge in [0.1, 0.15) is 0 Å². The standard InChI is InChI=1S/C55H43N2/c1-9-30-55(31-10-1)50-35-39(37-21-25-42(26-22-37)57-53-17-6-4-14-47(53)48-15-5-7-18-54(48)57)23-27-45(50)46-28-24-41(36-51(46)55)44-13-3-2-12-43(44)40-20-19-38-29-33-56-32-11-8-16-52(56)49(38)34-40/h2-8,11-28,32,34-36H,1,9-10,29-31,33H2/q+1. The Morgan fingerprint density at radius 1 is 0.439 bits per heavy atom. The molecule has 0 atom stereocenters. The van der Waals surface area contributed by atoms with Crippen LogP contribution in [0.1, 0.15) is 48.8 Å². The molecule has 1 fully saturated rings. The third-order valence-electron chi connectivity index (χ3n) is 13.6. The van der Waals surface area contributed by atoms with Crippen LogP contribution >= 0.6 is 0 Å². The summed E-state index contributed by atoms with van der Waals surface area (Å²) in [6.45, 7) is 1.04. The average molecular weight is 732 g/mol. The fourth-order valence-electron chi connectivity index (χ4n) is 10.9. The maximum absolute atomic E-state index is 2.57. The molecule has 2 aromatic heterocycles. The van der Waals surface area contributed by atoms with Crippen LogP contribution in [0.15, 0.2) is 176 Å². The lowest BCUT2D eigenvalue weighted by Gasteiger charge is -2.36. The number of benzene rings is 7. The van der Waals surface area contributed by atoms with Crippen molar-refractivity contribution in [3.05, 3.63) is 193 Å². The van der Waals surface area contributed by atoms with Crippen molar-refractivity contribution < 1.29 is 4.57 Å². The molecule has 0 unspecified atom stereocenters. The molecule has 12 rings (SSSR count). The maximum Gasteiger partial charge on any atom is 0.212 e. The highest BCUT2D eigenvalue weighted by molar-refractivity contribution is 6.09. The number of para-hydroxylation sites is 2. The van der Waals surface area contributed by atoms with Gasteiger partial charge in [-0.1, -0.05) is 128 Å². The Labute approximate surface area is 334 Å². The average Bonchev–Trinajstić information content (AvgIpc) is 3.75. The van der Waals surface area contributed by atoms with Gasteiger partial charge in [0.15, 0.2) is 12.7 Å². The zero-order valence-electron chi connectivity index (χ0n) is 32.1. The van der Waals surface area contributed by atoms with E-state index in [2.05, 4.69) is 185 Å². The second-order valence-electron chi connectivity index (χ2n) is 16.5. The van der Waals surface area contributed by atoms with E-state index < -0.39 is 0 Å². The van der Waals surface area contributed by atoms with Crippen molar-refractivity contribution in [2.45, 2.75) is 50.5 Å². The summed E-state index contributed by atoms with van der Waals surface area (Å²) >= 11 is 0. The van der Waals surface area contributed by atoms with E-state index in [9.17, 15) is 0 Å². The molecule has 3 heterocycles. The summed E-state index contributed by atoms with van der Waals surface area (Å²) in [4.78, 5) is 0. The zero-order chi connectivity index (χ0) is 37.5. The fourth-order valence-corrected chi connectivity index (χ4v) is 10.9. The molecule has 1 saturated carbocycles. The molecule has 0 saturated heterocycles. The quantitative estimate of drug-likeness (QED) is 0.159. The van der Waals surface area contributed by atoms with E-state index in [1.54, 1.807) is 0 Å². The van der Waals surface area contributed by atoms with Gasteiger partial charge in [-0.2, -0.15) is 4.57 Å². The lowest BCUT2D eigenvalue weighted by atomic mass is 9.67. The SMILES string of the molecule is c1ccc(-c2ccc3c(c2)C2(CCCCC2)c2cc(-c4ccc(-n5c6ccccc6c6ccccc65)cc4)ccc2-3)c(-c2ccc3c(c2)-c2cccc[n+]2CC3)c1. The summed E-state index contributed by atoms with van der Waals surface area (Å²) < 4.78 is 4.80. The molecule has 7 aromatic carbocycles. The number of hydrogen-bond acceptors (Lipinski definition) is 0. The van der Waals surface area contributed by atoms with Crippen molar-refractivity contribution in [3.63, 3.8) is 0 Å². The molecule has 2 heteroatoms. The van der Waals surface area contributed by atoms with E-state index >= 15 is 0 Å². The monoisotopic (exact) mass is 731 g/mol. The molecular weight excluding hydrogens is 689 g/mol. The predicted octanol–water partition coefficient (Wildman–Crippen LogP) is 13.5. The Balaban J connectivity index is 0.929. The molecule has 0 bridgehead atoms. The molecule has 1 aliphatic heterocycles. The molecule has 0 N–H and O–H groups in total. The predicted molar refractivity (Wildman–Crippen MR) is 236 cm³/mol. The van der Waals surface area contributed by atoms with E-state index in [0.717, 1.165) is 13.0 Å². The summed E-state index contributed by atoms with van der Waals surface area (Å²) in [5.41, 5.74) is 21.5. The molecule has 0 radical (unpaired) electrons. The van der Waals surface area contributed by atoms with Gasteiger partial charge in [0.25, 0.3) is 0 Å². The van der Waals surface area contributed by atoms with Crippen LogP contribution in [-0.4, -0.2) is 4.57 Å². The van der Waals surface area contributed by atoms with Crippen molar-refractivity contribution in [1.29, 1.82) is 0 Å². The lowest BCUT2D eigenvalue weighted by Crippen LogP contribution is -2.39. The van der Waals surface area contributed by atoms with E-state index in [-0.39, 0.29) is 5.41 Å². The van der Waals surface area contributed by atoms with E-state index in [1.165, 1.54) is 132 Å². The van der Waals surface area contributed by atoms with Gasteiger partial charge in [-0.15, -0.1) is 0 Å². The first-order valence-corrected chi connectivity index (χ1v) is 20.8. The number of pyridine rings is 1. The van der Waals surface area contributed by atoms with Crippen LogP contribution in [0, 0.1) is 0 Å². The Kier molecular flexibility index (Phi) is 7.32. The first-order chi connectivity index (χ1) is 28.2. The van der Waals surface area contributed by atoms with Crippen LogP contribution in [-0.2, 0) is 18.4 Å². The van der Waals surface area contributed by atoms with Crippen molar-refractivity contribution in [3.8, 4) is 61.5 Å². The van der Waals surface area contributed by atoms with Crippen LogP contribution in [0.4, 0.5) is 0 Å². The summed E-state index contributed by atoms with van der Waals surface area (Å²) in [7, 11) is 0. The van der Waals surface area contributed by atoms with Crippen molar-refractivity contribution in [2.75, 3.05) is 0 Å². The first kappa shape index (κ1) is 32.7. The largest absolute Gasteiger partial charge is 0.309 e. The molecule has 57 heavy (non-hydrogen) atoms. The number of fused-ring (bicyclic) bond motifs is 11. The summed E-state index contributed by atoms with van der Waals surface area (Å²) in [6, 6.07) is 64.3. The molecule has 2 nitrogen and oxygen atoms in total. The third kappa shape index (κ3) is 4.99. The Morgan fingerprint density at radius 3 is 1.74 bits per heavy atom. The molecule has 0 amide bonds. The molecule has 1 spiro atoms. The highest BCUT2D eigenvalue weighted by Crippen LogP contribution is 2.57. The second kappa shape index (κ2) is 12.8. The number of nitrogens with zero attached hydrogens (tertiary/aromatic N) is 2. The number of hydrogen-bond donors (Lipinski definition) is 0. The van der Waals surface area contributed by atoms with Gasteiger partial charge in [-0.3, -0.25) is 0 Å². The number of rotatable bonds is 4. The second-order valence-corrected chi connectivity index (χ2v) is 16.5. The number of aromatic nitrogens is 2. The maximum atomic E-state index is 2.57. The first-order valence-electron chi connectivity index (χ1n) is 20.8. The van der Waals surface area contributed by atoms with E-state index in [1.807, 2.05) is 0 Å². The number of aryl methyl sites for hydroxylation is 2. The van der Waals surface area contributed by atoms with Gasteiger partial charge in [0.2, 0.25) is 5.69 Å². The zero-order valence-corrected chi connectivity index (χ0v) is 32.1.